The Morgan fingerprint density at radius 2 is 2.27 bits per heavy atom. The number of allylic oxidation sites excluding steroid dienone is 2. The molecule has 0 aromatic rings. The van der Waals surface area contributed by atoms with Crippen LogP contribution in [-0.4, -0.2) is 6.21 Å². The van der Waals surface area contributed by atoms with Crippen LogP contribution in [0.25, 0.3) is 0 Å². The van der Waals surface area contributed by atoms with Crippen molar-refractivity contribution >= 4 is 6.21 Å². The molecule has 0 N–H and O–H groups in total. The molecule has 1 heteroatoms. The minimum atomic E-state index is 0.599. The quantitative estimate of drug-likeness (QED) is 0.575. The summed E-state index contributed by atoms with van der Waals surface area (Å²) >= 11 is 0. The first-order chi connectivity index (χ1) is 5.25. The van der Waals surface area contributed by atoms with E-state index in [-0.39, 0.29) is 0 Å². The second-order valence-electron chi connectivity index (χ2n) is 3.35. The average Bonchev–Trinajstić information content (AvgIpc) is 2.04. The molecule has 1 heterocycles. The molecule has 0 radical (unpaired) electrons. The second kappa shape index (κ2) is 3.70. The average molecular weight is 151 g/mol. The summed E-state index contributed by atoms with van der Waals surface area (Å²) < 4.78 is 0. The van der Waals surface area contributed by atoms with Crippen LogP contribution in [0.15, 0.2) is 16.3 Å². The Morgan fingerprint density at radius 1 is 1.55 bits per heavy atom. The Labute approximate surface area is 69.2 Å². The zero-order valence-electron chi connectivity index (χ0n) is 7.72. The number of hydrogen-bond acceptors (Lipinski definition) is 1. The largest absolute Gasteiger partial charge is 0.265 e. The highest BCUT2D eigenvalue weighted by Crippen LogP contribution is 2.24. The van der Waals surface area contributed by atoms with Crippen LogP contribution in [-0.2, 0) is 0 Å². The van der Waals surface area contributed by atoms with Crippen molar-refractivity contribution in [2.24, 2.45) is 10.9 Å². The predicted molar refractivity (Wildman–Crippen MR) is 49.9 cm³/mol. The first-order valence-corrected chi connectivity index (χ1v) is 4.50. The van der Waals surface area contributed by atoms with Gasteiger partial charge in [0, 0.05) is 11.9 Å². The summed E-state index contributed by atoms with van der Waals surface area (Å²) in [7, 11) is 0. The molecule has 0 bridgehead atoms. The van der Waals surface area contributed by atoms with Crippen molar-refractivity contribution < 1.29 is 0 Å². The number of hydrogen-bond donors (Lipinski definition) is 0. The minimum Gasteiger partial charge on any atom is -0.265 e. The van der Waals surface area contributed by atoms with Crippen LogP contribution in [0.2, 0.25) is 0 Å². The van der Waals surface area contributed by atoms with Crippen LogP contribution < -0.4 is 0 Å². The molecule has 1 aliphatic rings. The van der Waals surface area contributed by atoms with Gasteiger partial charge in [-0.3, -0.25) is 4.99 Å². The first-order valence-electron chi connectivity index (χ1n) is 4.50. The van der Waals surface area contributed by atoms with E-state index in [2.05, 4.69) is 32.0 Å². The monoisotopic (exact) mass is 151 g/mol. The zero-order valence-corrected chi connectivity index (χ0v) is 7.72. The lowest BCUT2D eigenvalue weighted by Crippen LogP contribution is -2.02. The topological polar surface area (TPSA) is 12.4 Å². The van der Waals surface area contributed by atoms with Gasteiger partial charge in [0.2, 0.25) is 0 Å². The number of aliphatic imine (C=N–C) groups is 1. The van der Waals surface area contributed by atoms with Crippen molar-refractivity contribution in [2.45, 2.75) is 40.0 Å². The normalized spacial score (nSPS) is 18.2. The predicted octanol–water partition coefficient (Wildman–Crippen LogP) is 3.17. The second-order valence-corrected chi connectivity index (χ2v) is 3.35. The van der Waals surface area contributed by atoms with Gasteiger partial charge in [0.25, 0.3) is 0 Å². The molecule has 0 aromatic carbocycles. The van der Waals surface area contributed by atoms with E-state index in [0.717, 1.165) is 6.42 Å². The fourth-order valence-corrected chi connectivity index (χ4v) is 1.54. The van der Waals surface area contributed by atoms with E-state index < -0.39 is 0 Å². The summed E-state index contributed by atoms with van der Waals surface area (Å²) in [6.45, 7) is 6.65. The molecule has 1 nitrogen and oxygen atoms in total. The molecule has 1 aliphatic heterocycles. The van der Waals surface area contributed by atoms with E-state index in [0.29, 0.717) is 5.92 Å². The summed E-state index contributed by atoms with van der Waals surface area (Å²) in [6.07, 6.45) is 5.59. The van der Waals surface area contributed by atoms with Crippen molar-refractivity contribution in [3.05, 3.63) is 11.3 Å². The Balaban J connectivity index is 2.83. The van der Waals surface area contributed by atoms with Crippen LogP contribution in [0, 0.1) is 5.92 Å². The molecular formula is C10H17N. The summed E-state index contributed by atoms with van der Waals surface area (Å²) in [5.74, 6) is 0.599. The summed E-state index contributed by atoms with van der Waals surface area (Å²) in [4.78, 5) is 4.44. The molecule has 0 saturated heterocycles. The summed E-state index contributed by atoms with van der Waals surface area (Å²) in [5, 5.41) is 0. The third-order valence-electron chi connectivity index (χ3n) is 2.14. The van der Waals surface area contributed by atoms with Crippen LogP contribution in [0.1, 0.15) is 40.0 Å². The van der Waals surface area contributed by atoms with E-state index in [1.54, 1.807) is 5.57 Å². The van der Waals surface area contributed by atoms with Gasteiger partial charge in [0.05, 0.1) is 0 Å². The van der Waals surface area contributed by atoms with Crippen LogP contribution in [0.4, 0.5) is 0 Å². The smallest absolute Gasteiger partial charge is 0.0417 e. The lowest BCUT2D eigenvalue weighted by molar-refractivity contribution is 0.711. The molecule has 0 aromatic heterocycles. The first kappa shape index (κ1) is 8.51. The third-order valence-corrected chi connectivity index (χ3v) is 2.14. The van der Waals surface area contributed by atoms with Crippen LogP contribution in [0.5, 0.6) is 0 Å². The molecule has 62 valence electrons. The van der Waals surface area contributed by atoms with Gasteiger partial charge in [-0.1, -0.05) is 20.8 Å². The minimum absolute atomic E-state index is 0.599. The van der Waals surface area contributed by atoms with Gasteiger partial charge < -0.3 is 0 Å². The molecule has 1 rings (SSSR count). The molecule has 0 aliphatic carbocycles. The Morgan fingerprint density at radius 3 is 2.73 bits per heavy atom. The Hall–Kier alpha value is -0.590. The lowest BCUT2D eigenvalue weighted by atomic mass is 9.97. The number of rotatable bonds is 2. The van der Waals surface area contributed by atoms with Gasteiger partial charge in [-0.05, 0) is 30.8 Å². The van der Waals surface area contributed by atoms with E-state index >= 15 is 0 Å². The van der Waals surface area contributed by atoms with Gasteiger partial charge in [-0.15, -0.1) is 0 Å². The highest BCUT2D eigenvalue weighted by atomic mass is 14.8. The maximum absolute atomic E-state index is 4.44. The van der Waals surface area contributed by atoms with Crippen molar-refractivity contribution in [2.75, 3.05) is 0 Å². The van der Waals surface area contributed by atoms with Crippen LogP contribution >= 0.6 is 0 Å². The molecule has 11 heavy (non-hydrogen) atoms. The highest BCUT2D eigenvalue weighted by molar-refractivity contribution is 5.61. The summed E-state index contributed by atoms with van der Waals surface area (Å²) in [5.41, 5.74) is 2.89. The highest BCUT2D eigenvalue weighted by Gasteiger charge is 2.10. The van der Waals surface area contributed by atoms with Crippen molar-refractivity contribution in [3.63, 3.8) is 0 Å². The molecular weight excluding hydrogens is 134 g/mol. The SMILES string of the molecule is CCC1=C(C(C)C)N=CCC1. The molecule has 0 amide bonds. The number of nitrogens with zero attached hydrogens (tertiary/aromatic N) is 1. The maximum atomic E-state index is 4.44. The van der Waals surface area contributed by atoms with E-state index in [4.69, 9.17) is 0 Å². The van der Waals surface area contributed by atoms with Gasteiger partial charge >= 0.3 is 0 Å². The molecule has 0 unspecified atom stereocenters. The van der Waals surface area contributed by atoms with Crippen molar-refractivity contribution in [3.8, 4) is 0 Å². The molecule has 0 spiro atoms. The molecule has 0 fully saturated rings. The summed E-state index contributed by atoms with van der Waals surface area (Å²) in [6, 6.07) is 0. The van der Waals surface area contributed by atoms with E-state index in [1.165, 1.54) is 18.5 Å². The van der Waals surface area contributed by atoms with Gasteiger partial charge in [-0.2, -0.15) is 0 Å². The van der Waals surface area contributed by atoms with Crippen molar-refractivity contribution in [1.29, 1.82) is 0 Å². The standard InChI is InChI=1S/C10H17N/c1-4-9-6-5-7-11-10(9)8(2)3/h7-8H,4-6H2,1-3H3. The Kier molecular flexibility index (Phi) is 2.86. The van der Waals surface area contributed by atoms with Gasteiger partial charge in [0.15, 0.2) is 0 Å². The Bertz CT molecular complexity index is 187. The fraction of sp³-hybridized carbons (Fsp3) is 0.700. The van der Waals surface area contributed by atoms with Crippen molar-refractivity contribution in [1.82, 2.24) is 0 Å². The third kappa shape index (κ3) is 1.92. The van der Waals surface area contributed by atoms with E-state index in [1.807, 2.05) is 0 Å². The van der Waals surface area contributed by atoms with Crippen LogP contribution in [0.3, 0.4) is 0 Å². The molecule has 0 atom stereocenters. The van der Waals surface area contributed by atoms with Gasteiger partial charge in [0.1, 0.15) is 0 Å². The fourth-order valence-electron chi connectivity index (χ4n) is 1.54. The van der Waals surface area contributed by atoms with E-state index in [9.17, 15) is 0 Å². The zero-order chi connectivity index (χ0) is 8.27. The molecule has 0 saturated carbocycles. The van der Waals surface area contributed by atoms with Gasteiger partial charge in [-0.25, -0.2) is 0 Å². The lowest BCUT2D eigenvalue weighted by Gasteiger charge is -2.16. The maximum Gasteiger partial charge on any atom is 0.0417 e.